The summed E-state index contributed by atoms with van der Waals surface area (Å²) in [5, 5.41) is 5.30. The van der Waals surface area contributed by atoms with Crippen LogP contribution in [0.1, 0.15) is 32.6 Å². The Morgan fingerprint density at radius 1 is 1.37 bits per heavy atom. The van der Waals surface area contributed by atoms with E-state index in [1.165, 1.54) is 30.4 Å². The molecule has 19 heavy (non-hydrogen) atoms. The van der Waals surface area contributed by atoms with Gasteiger partial charge >= 0.3 is 0 Å². The van der Waals surface area contributed by atoms with Gasteiger partial charge in [0.2, 0.25) is 0 Å². The Labute approximate surface area is 123 Å². The maximum atomic E-state index is 5.99. The van der Waals surface area contributed by atoms with Gasteiger partial charge in [0.25, 0.3) is 0 Å². The van der Waals surface area contributed by atoms with Crippen LogP contribution in [0.15, 0.2) is 18.2 Å². The van der Waals surface area contributed by atoms with Gasteiger partial charge in [0.05, 0.1) is 10.2 Å². The lowest BCUT2D eigenvalue weighted by Gasteiger charge is -2.28. The zero-order chi connectivity index (χ0) is 13.2. The normalized spacial score (nSPS) is 23.7. The highest BCUT2D eigenvalue weighted by Gasteiger charge is 2.21. The van der Waals surface area contributed by atoms with E-state index in [1.807, 2.05) is 18.2 Å². The maximum absolute atomic E-state index is 5.99. The number of aromatic nitrogens is 1. The van der Waals surface area contributed by atoms with Crippen molar-refractivity contribution < 1.29 is 0 Å². The molecule has 1 aliphatic rings. The van der Waals surface area contributed by atoms with Crippen molar-refractivity contribution in [1.82, 2.24) is 4.98 Å². The van der Waals surface area contributed by atoms with Gasteiger partial charge in [-0.2, -0.15) is 0 Å². The molecule has 4 heteroatoms. The third-order valence-corrected chi connectivity index (χ3v) is 5.38. The topological polar surface area (TPSA) is 24.9 Å². The zero-order valence-corrected chi connectivity index (χ0v) is 12.7. The number of rotatable bonds is 3. The molecule has 1 heterocycles. The van der Waals surface area contributed by atoms with Crippen LogP contribution in [0.5, 0.6) is 0 Å². The van der Waals surface area contributed by atoms with E-state index >= 15 is 0 Å². The number of benzene rings is 1. The fraction of sp³-hybridized carbons (Fsp3) is 0.533. The summed E-state index contributed by atoms with van der Waals surface area (Å²) in [4.78, 5) is 4.61. The molecule has 102 valence electrons. The van der Waals surface area contributed by atoms with Crippen LogP contribution in [0, 0.1) is 11.8 Å². The fourth-order valence-corrected chi connectivity index (χ4v) is 3.91. The monoisotopic (exact) mass is 294 g/mol. The van der Waals surface area contributed by atoms with Crippen LogP contribution in [-0.2, 0) is 0 Å². The van der Waals surface area contributed by atoms with Crippen molar-refractivity contribution in [2.75, 3.05) is 11.9 Å². The van der Waals surface area contributed by atoms with Crippen molar-refractivity contribution in [3.63, 3.8) is 0 Å². The Morgan fingerprint density at radius 3 is 3.05 bits per heavy atom. The molecule has 0 bridgehead atoms. The molecule has 2 unspecified atom stereocenters. The highest BCUT2D eigenvalue weighted by molar-refractivity contribution is 7.22. The predicted molar refractivity (Wildman–Crippen MR) is 84.2 cm³/mol. The van der Waals surface area contributed by atoms with Crippen LogP contribution in [-0.4, -0.2) is 11.5 Å². The number of fused-ring (bicyclic) bond motifs is 1. The van der Waals surface area contributed by atoms with Crippen LogP contribution >= 0.6 is 22.9 Å². The molecule has 0 radical (unpaired) electrons. The summed E-state index contributed by atoms with van der Waals surface area (Å²) in [7, 11) is 0. The van der Waals surface area contributed by atoms with Gasteiger partial charge in [-0.25, -0.2) is 4.98 Å². The molecule has 0 saturated heterocycles. The predicted octanol–water partition coefficient (Wildman–Crippen LogP) is 5.19. The second-order valence-corrected chi connectivity index (χ2v) is 7.00. The molecule has 1 aliphatic carbocycles. The van der Waals surface area contributed by atoms with Gasteiger partial charge in [0.1, 0.15) is 0 Å². The maximum Gasteiger partial charge on any atom is 0.183 e. The molecular weight excluding hydrogens is 276 g/mol. The van der Waals surface area contributed by atoms with Crippen LogP contribution in [0.25, 0.3) is 10.2 Å². The minimum Gasteiger partial charge on any atom is -0.361 e. The summed E-state index contributed by atoms with van der Waals surface area (Å²) in [6, 6.07) is 5.90. The SMILES string of the molecule is CC1CCCCC1CNc1nc2cc(Cl)ccc2s1. The molecule has 2 atom stereocenters. The summed E-state index contributed by atoms with van der Waals surface area (Å²) in [6.45, 7) is 3.43. The molecule has 0 amide bonds. The van der Waals surface area contributed by atoms with E-state index < -0.39 is 0 Å². The highest BCUT2D eigenvalue weighted by Crippen LogP contribution is 2.31. The number of hydrogen-bond donors (Lipinski definition) is 1. The minimum absolute atomic E-state index is 0.755. The Kier molecular flexibility index (Phi) is 3.94. The second kappa shape index (κ2) is 5.68. The smallest absolute Gasteiger partial charge is 0.183 e. The summed E-state index contributed by atoms with van der Waals surface area (Å²) >= 11 is 7.70. The molecule has 1 N–H and O–H groups in total. The largest absolute Gasteiger partial charge is 0.361 e. The lowest BCUT2D eigenvalue weighted by molar-refractivity contribution is 0.268. The lowest BCUT2D eigenvalue weighted by Crippen LogP contribution is -2.24. The second-order valence-electron chi connectivity index (χ2n) is 5.53. The first kappa shape index (κ1) is 13.2. The van der Waals surface area contributed by atoms with Crippen LogP contribution in [0.3, 0.4) is 0 Å². The van der Waals surface area contributed by atoms with Gasteiger partial charge in [0, 0.05) is 11.6 Å². The minimum atomic E-state index is 0.755. The van der Waals surface area contributed by atoms with E-state index in [1.54, 1.807) is 11.3 Å². The van der Waals surface area contributed by atoms with Crippen molar-refractivity contribution in [3.8, 4) is 0 Å². The summed E-state index contributed by atoms with van der Waals surface area (Å²) in [6.07, 6.45) is 5.51. The lowest BCUT2D eigenvalue weighted by atomic mass is 9.80. The van der Waals surface area contributed by atoms with Gasteiger partial charge in [-0.05, 0) is 36.5 Å². The molecule has 1 saturated carbocycles. The number of thiazole rings is 1. The van der Waals surface area contributed by atoms with E-state index in [9.17, 15) is 0 Å². The molecule has 2 nitrogen and oxygen atoms in total. The average molecular weight is 295 g/mol. The Morgan fingerprint density at radius 2 is 2.21 bits per heavy atom. The van der Waals surface area contributed by atoms with Crippen LogP contribution in [0.2, 0.25) is 5.02 Å². The first-order chi connectivity index (χ1) is 9.22. The van der Waals surface area contributed by atoms with E-state index in [-0.39, 0.29) is 0 Å². The van der Waals surface area contributed by atoms with E-state index in [2.05, 4.69) is 17.2 Å². The van der Waals surface area contributed by atoms with Gasteiger partial charge in [-0.15, -0.1) is 0 Å². The van der Waals surface area contributed by atoms with Crippen molar-refractivity contribution in [2.45, 2.75) is 32.6 Å². The fourth-order valence-electron chi connectivity index (χ4n) is 2.89. The van der Waals surface area contributed by atoms with E-state index in [0.29, 0.717) is 0 Å². The Bertz CT molecular complexity index is 566. The third-order valence-electron chi connectivity index (χ3n) is 4.15. The van der Waals surface area contributed by atoms with Gasteiger partial charge in [0.15, 0.2) is 5.13 Å². The van der Waals surface area contributed by atoms with Crippen molar-refractivity contribution in [2.24, 2.45) is 11.8 Å². The molecular formula is C15H19ClN2S. The Balaban J connectivity index is 1.68. The molecule has 0 spiro atoms. The number of hydrogen-bond acceptors (Lipinski definition) is 3. The summed E-state index contributed by atoms with van der Waals surface area (Å²) < 4.78 is 1.20. The molecule has 2 aromatic rings. The highest BCUT2D eigenvalue weighted by atomic mass is 35.5. The number of anilines is 1. The molecule has 1 aromatic carbocycles. The van der Waals surface area contributed by atoms with Crippen LogP contribution in [0.4, 0.5) is 5.13 Å². The Hall–Kier alpha value is -0.800. The first-order valence-electron chi connectivity index (χ1n) is 7.02. The molecule has 1 fully saturated rings. The van der Waals surface area contributed by atoms with Gasteiger partial charge in [-0.1, -0.05) is 49.1 Å². The van der Waals surface area contributed by atoms with Crippen LogP contribution < -0.4 is 5.32 Å². The molecule has 1 aromatic heterocycles. The van der Waals surface area contributed by atoms with Gasteiger partial charge < -0.3 is 5.32 Å². The van der Waals surface area contributed by atoms with Crippen molar-refractivity contribution in [1.29, 1.82) is 0 Å². The quantitative estimate of drug-likeness (QED) is 0.843. The summed E-state index contributed by atoms with van der Waals surface area (Å²) in [5.41, 5.74) is 0.997. The van der Waals surface area contributed by atoms with Gasteiger partial charge in [-0.3, -0.25) is 0 Å². The first-order valence-corrected chi connectivity index (χ1v) is 8.22. The number of nitrogens with zero attached hydrogens (tertiary/aromatic N) is 1. The molecule has 0 aliphatic heterocycles. The zero-order valence-electron chi connectivity index (χ0n) is 11.2. The summed E-state index contributed by atoms with van der Waals surface area (Å²) in [5.74, 6) is 1.63. The van der Waals surface area contributed by atoms with E-state index in [0.717, 1.165) is 34.1 Å². The number of halogens is 1. The van der Waals surface area contributed by atoms with Crippen molar-refractivity contribution in [3.05, 3.63) is 23.2 Å². The van der Waals surface area contributed by atoms with E-state index in [4.69, 9.17) is 11.6 Å². The van der Waals surface area contributed by atoms with Crippen molar-refractivity contribution >= 4 is 38.3 Å². The third kappa shape index (κ3) is 3.03. The molecule has 3 rings (SSSR count). The standard InChI is InChI=1S/C15H19ClN2S/c1-10-4-2-3-5-11(10)9-17-15-18-13-8-12(16)6-7-14(13)19-15/h6-8,10-11H,2-5,9H2,1H3,(H,17,18). The average Bonchev–Trinajstić information content (AvgIpc) is 2.79. The number of nitrogens with one attached hydrogen (secondary N) is 1.